The first-order chi connectivity index (χ1) is 17.0. The second-order valence-corrected chi connectivity index (χ2v) is 9.25. The van der Waals surface area contributed by atoms with E-state index in [1.54, 1.807) is 0 Å². The van der Waals surface area contributed by atoms with Crippen molar-refractivity contribution in [2.24, 2.45) is 13.0 Å². The SMILES string of the molecule is Cc1cccc2c(-c3cccc4nn(C)cc34)nn(-c3ccc(N4CCC(C(=O)O)CC4)nc3)c12. The molecular formula is C27H26N6O2. The van der Waals surface area contributed by atoms with E-state index in [0.29, 0.717) is 25.9 Å². The first-order valence-corrected chi connectivity index (χ1v) is 11.8. The summed E-state index contributed by atoms with van der Waals surface area (Å²) < 4.78 is 3.81. The molecule has 35 heavy (non-hydrogen) atoms. The Hall–Kier alpha value is -4.20. The Morgan fingerprint density at radius 1 is 1.00 bits per heavy atom. The Bertz CT molecular complexity index is 1560. The van der Waals surface area contributed by atoms with Crippen molar-refractivity contribution >= 4 is 33.6 Å². The van der Waals surface area contributed by atoms with Crippen LogP contribution in [0.4, 0.5) is 5.82 Å². The highest BCUT2D eigenvalue weighted by Crippen LogP contribution is 2.35. The van der Waals surface area contributed by atoms with Crippen LogP contribution in [-0.4, -0.2) is 48.7 Å². The average Bonchev–Trinajstić information content (AvgIpc) is 3.45. The Morgan fingerprint density at radius 2 is 1.80 bits per heavy atom. The Morgan fingerprint density at radius 3 is 2.54 bits per heavy atom. The lowest BCUT2D eigenvalue weighted by Crippen LogP contribution is -2.36. The minimum absolute atomic E-state index is 0.258. The van der Waals surface area contributed by atoms with Gasteiger partial charge in [-0.15, -0.1) is 0 Å². The number of hydrogen-bond donors (Lipinski definition) is 1. The number of carboxylic acid groups (broad SMARTS) is 1. The molecule has 0 amide bonds. The lowest BCUT2D eigenvalue weighted by atomic mass is 9.97. The lowest BCUT2D eigenvalue weighted by molar-refractivity contribution is -0.142. The maximum absolute atomic E-state index is 11.3. The zero-order valence-electron chi connectivity index (χ0n) is 19.7. The number of piperidine rings is 1. The number of nitrogens with zero attached hydrogens (tertiary/aromatic N) is 6. The van der Waals surface area contributed by atoms with Crippen LogP contribution < -0.4 is 4.90 Å². The monoisotopic (exact) mass is 466 g/mol. The molecule has 0 spiro atoms. The van der Waals surface area contributed by atoms with Gasteiger partial charge in [0.25, 0.3) is 0 Å². The number of carboxylic acids is 1. The highest BCUT2D eigenvalue weighted by Gasteiger charge is 2.25. The van der Waals surface area contributed by atoms with Crippen LogP contribution in [0.15, 0.2) is 60.9 Å². The summed E-state index contributed by atoms with van der Waals surface area (Å²) in [4.78, 5) is 18.1. The molecule has 0 saturated carbocycles. The molecule has 0 bridgehead atoms. The molecule has 8 nitrogen and oxygen atoms in total. The van der Waals surface area contributed by atoms with E-state index >= 15 is 0 Å². The van der Waals surface area contributed by atoms with E-state index in [1.165, 1.54) is 0 Å². The summed E-state index contributed by atoms with van der Waals surface area (Å²) in [6, 6.07) is 16.5. The number of benzene rings is 2. The van der Waals surface area contributed by atoms with Gasteiger partial charge in [0, 0.05) is 42.7 Å². The van der Waals surface area contributed by atoms with Crippen molar-refractivity contribution in [3.05, 3.63) is 66.5 Å². The van der Waals surface area contributed by atoms with Gasteiger partial charge in [-0.2, -0.15) is 10.2 Å². The van der Waals surface area contributed by atoms with Gasteiger partial charge in [0.1, 0.15) is 11.5 Å². The number of aryl methyl sites for hydroxylation is 2. The normalized spacial score (nSPS) is 14.7. The van der Waals surface area contributed by atoms with Crippen LogP contribution in [0.1, 0.15) is 18.4 Å². The van der Waals surface area contributed by atoms with Gasteiger partial charge in [0.15, 0.2) is 0 Å². The van der Waals surface area contributed by atoms with Crippen LogP contribution in [0, 0.1) is 12.8 Å². The van der Waals surface area contributed by atoms with E-state index in [0.717, 1.165) is 50.1 Å². The van der Waals surface area contributed by atoms with Crippen LogP contribution in [0.2, 0.25) is 0 Å². The number of fused-ring (bicyclic) bond motifs is 2. The summed E-state index contributed by atoms with van der Waals surface area (Å²) in [5.74, 6) is -0.0931. The van der Waals surface area contributed by atoms with E-state index in [-0.39, 0.29) is 5.92 Å². The number of para-hydroxylation sites is 1. The molecule has 0 aliphatic carbocycles. The maximum atomic E-state index is 11.3. The summed E-state index contributed by atoms with van der Waals surface area (Å²) in [7, 11) is 1.93. The summed E-state index contributed by atoms with van der Waals surface area (Å²) in [6.45, 7) is 3.50. The zero-order chi connectivity index (χ0) is 24.1. The highest BCUT2D eigenvalue weighted by atomic mass is 16.4. The molecule has 3 aromatic heterocycles. The Labute approximate surface area is 202 Å². The molecule has 1 saturated heterocycles. The van der Waals surface area contributed by atoms with Gasteiger partial charge >= 0.3 is 5.97 Å². The summed E-state index contributed by atoms with van der Waals surface area (Å²) in [5.41, 5.74) is 5.99. The van der Waals surface area contributed by atoms with Crippen LogP contribution >= 0.6 is 0 Å². The lowest BCUT2D eigenvalue weighted by Gasteiger charge is -2.31. The minimum atomic E-state index is -0.702. The average molecular weight is 467 g/mol. The fraction of sp³-hybridized carbons (Fsp3) is 0.259. The molecule has 6 rings (SSSR count). The van der Waals surface area contributed by atoms with Crippen molar-refractivity contribution in [3.63, 3.8) is 0 Å². The minimum Gasteiger partial charge on any atom is -0.481 e. The van der Waals surface area contributed by atoms with Crippen molar-refractivity contribution in [1.29, 1.82) is 0 Å². The van der Waals surface area contributed by atoms with E-state index in [9.17, 15) is 9.90 Å². The van der Waals surface area contributed by atoms with Crippen molar-refractivity contribution in [3.8, 4) is 16.9 Å². The largest absolute Gasteiger partial charge is 0.481 e. The first kappa shape index (κ1) is 21.3. The molecule has 1 aliphatic rings. The van der Waals surface area contributed by atoms with Crippen LogP contribution in [0.3, 0.4) is 0 Å². The van der Waals surface area contributed by atoms with Crippen LogP contribution in [-0.2, 0) is 11.8 Å². The Balaban J connectivity index is 1.41. The third-order valence-electron chi connectivity index (χ3n) is 6.97. The first-order valence-electron chi connectivity index (χ1n) is 11.8. The number of hydrogen-bond acceptors (Lipinski definition) is 5. The smallest absolute Gasteiger partial charge is 0.306 e. The molecule has 176 valence electrons. The molecule has 0 unspecified atom stereocenters. The highest BCUT2D eigenvalue weighted by molar-refractivity contribution is 6.03. The van der Waals surface area contributed by atoms with Crippen molar-refractivity contribution in [2.45, 2.75) is 19.8 Å². The molecule has 1 aliphatic heterocycles. The molecule has 2 aromatic carbocycles. The predicted octanol–water partition coefficient (Wildman–Crippen LogP) is 4.58. The standard InChI is InChI=1S/C27H26N6O2/c1-17-5-3-7-21-25(20-6-4-8-23-22(20)16-31(2)29-23)30-33(26(17)21)19-9-10-24(28-15-19)32-13-11-18(12-14-32)27(34)35/h3-10,15-16,18H,11-14H2,1-2H3,(H,34,35). The Kier molecular flexibility index (Phi) is 5.02. The van der Waals surface area contributed by atoms with E-state index in [1.807, 2.05) is 53.1 Å². The van der Waals surface area contributed by atoms with Gasteiger partial charge in [-0.25, -0.2) is 9.67 Å². The fourth-order valence-electron chi connectivity index (χ4n) is 5.14. The molecule has 0 radical (unpaired) electrons. The number of pyridine rings is 1. The molecule has 1 N–H and O–H groups in total. The number of carbonyl (C=O) groups is 1. The molecular weight excluding hydrogens is 440 g/mol. The molecule has 0 atom stereocenters. The molecule has 1 fully saturated rings. The number of aromatic nitrogens is 5. The van der Waals surface area contributed by atoms with Gasteiger partial charge in [-0.05, 0) is 43.5 Å². The van der Waals surface area contributed by atoms with Crippen LogP contribution in [0.5, 0.6) is 0 Å². The van der Waals surface area contributed by atoms with Gasteiger partial charge in [0.05, 0.1) is 28.8 Å². The fourth-order valence-corrected chi connectivity index (χ4v) is 5.14. The number of anilines is 1. The molecule has 5 aromatic rings. The predicted molar refractivity (Wildman–Crippen MR) is 136 cm³/mol. The van der Waals surface area contributed by atoms with Gasteiger partial charge in [-0.3, -0.25) is 9.48 Å². The second-order valence-electron chi connectivity index (χ2n) is 9.25. The third-order valence-corrected chi connectivity index (χ3v) is 6.97. The van der Waals surface area contributed by atoms with Gasteiger partial charge < -0.3 is 10.0 Å². The molecule has 8 heteroatoms. The van der Waals surface area contributed by atoms with Gasteiger partial charge in [0.2, 0.25) is 0 Å². The van der Waals surface area contributed by atoms with E-state index in [4.69, 9.17) is 10.1 Å². The molecule has 4 heterocycles. The summed E-state index contributed by atoms with van der Waals surface area (Å²) in [6.07, 6.45) is 5.18. The summed E-state index contributed by atoms with van der Waals surface area (Å²) >= 11 is 0. The van der Waals surface area contributed by atoms with Crippen molar-refractivity contribution < 1.29 is 9.90 Å². The number of aliphatic carboxylic acids is 1. The number of rotatable bonds is 4. The van der Waals surface area contributed by atoms with Crippen molar-refractivity contribution in [2.75, 3.05) is 18.0 Å². The van der Waals surface area contributed by atoms with Gasteiger partial charge in [-0.1, -0.05) is 30.3 Å². The van der Waals surface area contributed by atoms with E-state index < -0.39 is 5.97 Å². The summed E-state index contributed by atoms with van der Waals surface area (Å²) in [5, 5.41) is 21.1. The quantitative estimate of drug-likeness (QED) is 0.417. The zero-order valence-corrected chi connectivity index (χ0v) is 19.7. The topological polar surface area (TPSA) is 89.1 Å². The van der Waals surface area contributed by atoms with E-state index in [2.05, 4.69) is 41.2 Å². The van der Waals surface area contributed by atoms with Crippen molar-refractivity contribution in [1.82, 2.24) is 24.5 Å². The van der Waals surface area contributed by atoms with Crippen LogP contribution in [0.25, 0.3) is 38.8 Å². The third kappa shape index (κ3) is 3.62. The maximum Gasteiger partial charge on any atom is 0.306 e. The second kappa shape index (κ2) is 8.23.